The highest BCUT2D eigenvalue weighted by Crippen LogP contribution is 2.09. The van der Waals surface area contributed by atoms with Crippen molar-refractivity contribution in [2.75, 3.05) is 26.2 Å². The van der Waals surface area contributed by atoms with Crippen LogP contribution in [-0.2, 0) is 9.53 Å². The largest absolute Gasteiger partial charge is 0.373 e. The molecular weight excluding hydrogens is 258 g/mol. The Morgan fingerprint density at radius 2 is 2.15 bits per heavy atom. The lowest BCUT2D eigenvalue weighted by Crippen LogP contribution is -2.48. The zero-order valence-corrected chi connectivity index (χ0v) is 12.3. The number of morpholine rings is 1. The molecule has 1 fully saturated rings. The van der Waals surface area contributed by atoms with Crippen molar-refractivity contribution < 1.29 is 9.53 Å². The quantitative estimate of drug-likeness (QED) is 0.826. The third-order valence-corrected chi connectivity index (χ3v) is 3.44. The molecule has 7 heteroatoms. The predicted octanol–water partition coefficient (Wildman–Crippen LogP) is 0.0645. The van der Waals surface area contributed by atoms with Crippen LogP contribution in [0.25, 0.3) is 0 Å². The molecule has 0 unspecified atom stereocenters. The maximum atomic E-state index is 12.0. The summed E-state index contributed by atoms with van der Waals surface area (Å²) in [4.78, 5) is 18.1. The molecule has 1 N–H and O–H groups in total. The van der Waals surface area contributed by atoms with E-state index in [-0.39, 0.29) is 24.2 Å². The minimum absolute atomic E-state index is 0.0372. The van der Waals surface area contributed by atoms with Gasteiger partial charge in [-0.25, -0.2) is 9.67 Å². The van der Waals surface area contributed by atoms with Crippen molar-refractivity contribution in [3.63, 3.8) is 0 Å². The molecule has 112 valence electrons. The normalized spacial score (nSPS) is 25.4. The lowest BCUT2D eigenvalue weighted by Gasteiger charge is -2.35. The second-order valence-electron chi connectivity index (χ2n) is 5.36. The summed E-state index contributed by atoms with van der Waals surface area (Å²) in [5, 5.41) is 6.91. The Kier molecular flexibility index (Phi) is 5.08. The van der Waals surface area contributed by atoms with Gasteiger partial charge >= 0.3 is 0 Å². The van der Waals surface area contributed by atoms with Gasteiger partial charge in [-0.3, -0.25) is 9.69 Å². The van der Waals surface area contributed by atoms with Crippen LogP contribution in [0.15, 0.2) is 12.7 Å². The van der Waals surface area contributed by atoms with E-state index in [1.807, 2.05) is 6.92 Å². The molecule has 1 amide bonds. The third kappa shape index (κ3) is 4.01. The lowest BCUT2D eigenvalue weighted by molar-refractivity contribution is -0.124. The van der Waals surface area contributed by atoms with Gasteiger partial charge in [-0.15, -0.1) is 0 Å². The van der Waals surface area contributed by atoms with Gasteiger partial charge in [-0.05, 0) is 20.8 Å². The summed E-state index contributed by atoms with van der Waals surface area (Å²) in [5.41, 5.74) is 0. The summed E-state index contributed by atoms with van der Waals surface area (Å²) in [6.07, 6.45) is 3.49. The molecule has 0 aromatic carbocycles. The fraction of sp³-hybridized carbons (Fsp3) is 0.769. The molecule has 1 aromatic heterocycles. The molecule has 1 aliphatic heterocycles. The van der Waals surface area contributed by atoms with Crippen molar-refractivity contribution in [2.24, 2.45) is 0 Å². The average molecular weight is 281 g/mol. The first-order valence-corrected chi connectivity index (χ1v) is 7.06. The lowest BCUT2D eigenvalue weighted by atomic mass is 10.2. The Balaban J connectivity index is 1.71. The first-order chi connectivity index (χ1) is 9.56. The molecular formula is C13H23N5O2. The molecule has 3 atom stereocenters. The van der Waals surface area contributed by atoms with E-state index in [1.54, 1.807) is 11.0 Å². The van der Waals surface area contributed by atoms with Crippen molar-refractivity contribution in [3.05, 3.63) is 12.7 Å². The molecule has 1 aliphatic rings. The second kappa shape index (κ2) is 6.81. The minimum Gasteiger partial charge on any atom is -0.373 e. The summed E-state index contributed by atoms with van der Waals surface area (Å²) in [7, 11) is 0. The van der Waals surface area contributed by atoms with Crippen molar-refractivity contribution in [1.82, 2.24) is 25.0 Å². The summed E-state index contributed by atoms with van der Waals surface area (Å²) in [6, 6.07) is -0.333. The van der Waals surface area contributed by atoms with Crippen LogP contribution < -0.4 is 5.32 Å². The number of aromatic nitrogens is 3. The number of hydrogen-bond donors (Lipinski definition) is 1. The number of nitrogens with zero attached hydrogens (tertiary/aromatic N) is 4. The van der Waals surface area contributed by atoms with Gasteiger partial charge in [0, 0.05) is 26.2 Å². The van der Waals surface area contributed by atoms with Gasteiger partial charge < -0.3 is 10.1 Å². The smallest absolute Gasteiger partial charge is 0.244 e. The van der Waals surface area contributed by atoms with Gasteiger partial charge in [0.05, 0.1) is 12.2 Å². The maximum Gasteiger partial charge on any atom is 0.244 e. The Bertz CT molecular complexity index is 412. The maximum absolute atomic E-state index is 12.0. The minimum atomic E-state index is -0.333. The molecule has 0 bridgehead atoms. The number of nitrogens with one attached hydrogen (secondary N) is 1. The highest BCUT2D eigenvalue weighted by Gasteiger charge is 2.22. The Morgan fingerprint density at radius 1 is 1.45 bits per heavy atom. The Labute approximate surface area is 119 Å². The van der Waals surface area contributed by atoms with Crippen LogP contribution in [0.4, 0.5) is 0 Å². The Hall–Kier alpha value is -1.47. The van der Waals surface area contributed by atoms with Crippen molar-refractivity contribution in [2.45, 2.75) is 39.0 Å². The van der Waals surface area contributed by atoms with Gasteiger partial charge in [0.25, 0.3) is 0 Å². The zero-order chi connectivity index (χ0) is 14.5. The first-order valence-electron chi connectivity index (χ1n) is 7.06. The average Bonchev–Trinajstić information content (AvgIpc) is 2.90. The summed E-state index contributed by atoms with van der Waals surface area (Å²) in [5.74, 6) is -0.0372. The van der Waals surface area contributed by atoms with E-state index in [9.17, 15) is 4.79 Å². The van der Waals surface area contributed by atoms with E-state index < -0.39 is 0 Å². The summed E-state index contributed by atoms with van der Waals surface area (Å²) in [6.45, 7) is 9.27. The predicted molar refractivity (Wildman–Crippen MR) is 74.2 cm³/mol. The number of hydrogen-bond acceptors (Lipinski definition) is 5. The SMILES string of the molecule is C[C@@H]1CN(CCNC(=O)[C@@H](C)n2cncn2)C[C@@H](C)O1. The van der Waals surface area contributed by atoms with Crippen LogP contribution in [0.1, 0.15) is 26.8 Å². The van der Waals surface area contributed by atoms with Gasteiger partial charge in [-0.1, -0.05) is 0 Å². The van der Waals surface area contributed by atoms with Gasteiger partial charge in [0.1, 0.15) is 18.7 Å². The highest BCUT2D eigenvalue weighted by atomic mass is 16.5. The number of ether oxygens (including phenoxy) is 1. The van der Waals surface area contributed by atoms with Crippen LogP contribution in [0.2, 0.25) is 0 Å². The first kappa shape index (κ1) is 14.9. The van der Waals surface area contributed by atoms with E-state index in [4.69, 9.17) is 4.74 Å². The standard InChI is InChI=1S/C13H23N5O2/c1-10-6-17(7-11(2)20-10)5-4-15-13(19)12(3)18-9-14-8-16-18/h8-12H,4-7H2,1-3H3,(H,15,19)/t10-,11-,12-/m1/s1. The van der Waals surface area contributed by atoms with Crippen LogP contribution in [0.3, 0.4) is 0 Å². The van der Waals surface area contributed by atoms with Crippen LogP contribution >= 0.6 is 0 Å². The number of rotatable bonds is 5. The number of carbonyl (C=O) groups is 1. The molecule has 0 radical (unpaired) electrons. The zero-order valence-electron chi connectivity index (χ0n) is 12.3. The second-order valence-corrected chi connectivity index (χ2v) is 5.36. The van der Waals surface area contributed by atoms with Crippen LogP contribution in [0.5, 0.6) is 0 Å². The van der Waals surface area contributed by atoms with E-state index >= 15 is 0 Å². The molecule has 1 aromatic rings. The molecule has 0 aliphatic carbocycles. The molecule has 0 spiro atoms. The highest BCUT2D eigenvalue weighted by molar-refractivity contribution is 5.79. The number of amides is 1. The molecule has 2 rings (SSSR count). The van der Waals surface area contributed by atoms with E-state index in [0.29, 0.717) is 6.54 Å². The van der Waals surface area contributed by atoms with E-state index in [1.165, 1.54) is 6.33 Å². The van der Waals surface area contributed by atoms with Crippen LogP contribution in [0, 0.1) is 0 Å². The Morgan fingerprint density at radius 3 is 2.75 bits per heavy atom. The van der Waals surface area contributed by atoms with Gasteiger partial charge in [-0.2, -0.15) is 5.10 Å². The summed E-state index contributed by atoms with van der Waals surface area (Å²) < 4.78 is 7.23. The van der Waals surface area contributed by atoms with Crippen LogP contribution in [-0.4, -0.2) is 64.0 Å². The fourth-order valence-corrected chi connectivity index (χ4v) is 2.49. The van der Waals surface area contributed by atoms with Crippen molar-refractivity contribution in [3.8, 4) is 0 Å². The molecule has 0 saturated carbocycles. The fourth-order valence-electron chi connectivity index (χ4n) is 2.49. The summed E-state index contributed by atoms with van der Waals surface area (Å²) >= 11 is 0. The van der Waals surface area contributed by atoms with Crippen molar-refractivity contribution in [1.29, 1.82) is 0 Å². The van der Waals surface area contributed by atoms with Crippen molar-refractivity contribution >= 4 is 5.91 Å². The van der Waals surface area contributed by atoms with Gasteiger partial charge in [0.15, 0.2) is 0 Å². The van der Waals surface area contributed by atoms with E-state index in [0.717, 1.165) is 19.6 Å². The molecule has 20 heavy (non-hydrogen) atoms. The topological polar surface area (TPSA) is 72.3 Å². The number of carbonyl (C=O) groups excluding carboxylic acids is 1. The monoisotopic (exact) mass is 281 g/mol. The van der Waals surface area contributed by atoms with Gasteiger partial charge in [0.2, 0.25) is 5.91 Å². The molecule has 1 saturated heterocycles. The molecule has 7 nitrogen and oxygen atoms in total. The van der Waals surface area contributed by atoms with E-state index in [2.05, 4.69) is 34.1 Å². The molecule has 2 heterocycles. The third-order valence-electron chi connectivity index (χ3n) is 3.44.